The Bertz CT molecular complexity index is 729. The number of benzene rings is 1. The van der Waals surface area contributed by atoms with Crippen LogP contribution in [0.25, 0.3) is 0 Å². The quantitative estimate of drug-likeness (QED) is 0.620. The predicted octanol–water partition coefficient (Wildman–Crippen LogP) is 4.34. The van der Waals surface area contributed by atoms with E-state index in [4.69, 9.17) is 9.47 Å². The molecule has 0 bridgehead atoms. The monoisotopic (exact) mass is 353 g/mol. The van der Waals surface area contributed by atoms with Gasteiger partial charge in [0.05, 0.1) is 25.0 Å². The van der Waals surface area contributed by atoms with Gasteiger partial charge in [-0.05, 0) is 49.7 Å². The highest BCUT2D eigenvalue weighted by Gasteiger charge is 2.30. The van der Waals surface area contributed by atoms with E-state index in [1.165, 1.54) is 19.4 Å². The minimum Gasteiger partial charge on any atom is -0.493 e. The van der Waals surface area contributed by atoms with Gasteiger partial charge in [-0.15, -0.1) is 0 Å². The predicted molar refractivity (Wildman–Crippen MR) is 89.2 cm³/mol. The molecule has 2 aromatic rings. The summed E-state index contributed by atoms with van der Waals surface area (Å²) >= 11 is 0. The minimum atomic E-state index is -4.41. The lowest BCUT2D eigenvalue weighted by molar-refractivity contribution is -0.137. The zero-order valence-electron chi connectivity index (χ0n) is 14.0. The fourth-order valence-electron chi connectivity index (χ4n) is 1.92. The average Bonchev–Trinajstić information content (AvgIpc) is 2.55. The summed E-state index contributed by atoms with van der Waals surface area (Å²) in [5.41, 5.74) is 2.49. The summed E-state index contributed by atoms with van der Waals surface area (Å²) in [5.74, 6) is 1.38. The number of anilines is 1. The maximum atomic E-state index is 12.5. The number of rotatable bonds is 6. The highest BCUT2D eigenvalue weighted by molar-refractivity contribution is 5.81. The molecule has 0 atom stereocenters. The highest BCUT2D eigenvalue weighted by atomic mass is 19.4. The fourth-order valence-corrected chi connectivity index (χ4v) is 1.92. The van der Waals surface area contributed by atoms with Crippen LogP contribution in [0.4, 0.5) is 19.0 Å². The van der Waals surface area contributed by atoms with Crippen LogP contribution < -0.4 is 14.9 Å². The molecular formula is C17H18F3N3O2. The van der Waals surface area contributed by atoms with Crippen LogP contribution in [0.2, 0.25) is 0 Å². The number of alkyl halides is 3. The molecule has 0 aliphatic heterocycles. The highest BCUT2D eigenvalue weighted by Crippen LogP contribution is 2.29. The van der Waals surface area contributed by atoms with Crippen molar-refractivity contribution in [3.05, 3.63) is 47.7 Å². The molecule has 5 nitrogen and oxygen atoms in total. The standard InChI is InChI=1S/C17H18F3N3O2/c1-11(2)25-14-6-4-12(8-15(14)24-3)9-22-23-16-7-5-13(10-21-16)17(18,19)20/h4-11H,1-3H3,(H,21,23)/b22-9-. The van der Waals surface area contributed by atoms with E-state index in [1.807, 2.05) is 13.8 Å². The Morgan fingerprint density at radius 3 is 2.48 bits per heavy atom. The molecule has 1 N–H and O–H groups in total. The summed E-state index contributed by atoms with van der Waals surface area (Å²) in [6.07, 6.45) is -2.15. The first kappa shape index (κ1) is 18.6. The van der Waals surface area contributed by atoms with Crippen molar-refractivity contribution in [3.63, 3.8) is 0 Å². The zero-order valence-corrected chi connectivity index (χ0v) is 14.0. The molecule has 8 heteroatoms. The number of methoxy groups -OCH3 is 1. The van der Waals surface area contributed by atoms with E-state index in [1.54, 1.807) is 18.2 Å². The molecular weight excluding hydrogens is 335 g/mol. The molecule has 2 rings (SSSR count). The van der Waals surface area contributed by atoms with Gasteiger partial charge < -0.3 is 9.47 Å². The SMILES string of the molecule is COc1cc(/C=N\Nc2ccc(C(F)(F)F)cn2)ccc1OC(C)C. The van der Waals surface area contributed by atoms with E-state index in [2.05, 4.69) is 15.5 Å². The van der Waals surface area contributed by atoms with Gasteiger partial charge in [-0.2, -0.15) is 18.3 Å². The number of nitrogens with one attached hydrogen (secondary N) is 1. The first-order valence-electron chi connectivity index (χ1n) is 7.46. The number of ether oxygens (including phenoxy) is 2. The Morgan fingerprint density at radius 2 is 1.92 bits per heavy atom. The van der Waals surface area contributed by atoms with Crippen molar-refractivity contribution in [1.29, 1.82) is 0 Å². The Kier molecular flexibility index (Phi) is 5.84. The summed E-state index contributed by atoms with van der Waals surface area (Å²) < 4.78 is 48.3. The molecule has 1 heterocycles. The number of hydrazone groups is 1. The lowest BCUT2D eigenvalue weighted by Gasteiger charge is -2.13. The maximum Gasteiger partial charge on any atom is 0.417 e. The van der Waals surface area contributed by atoms with Gasteiger partial charge in [0.1, 0.15) is 5.82 Å². The third kappa shape index (κ3) is 5.37. The van der Waals surface area contributed by atoms with Crippen LogP contribution in [-0.2, 0) is 6.18 Å². The number of nitrogens with zero attached hydrogens (tertiary/aromatic N) is 2. The number of aromatic nitrogens is 1. The van der Waals surface area contributed by atoms with Crippen LogP contribution in [0, 0.1) is 0 Å². The van der Waals surface area contributed by atoms with Crippen molar-refractivity contribution >= 4 is 12.0 Å². The van der Waals surface area contributed by atoms with E-state index >= 15 is 0 Å². The van der Waals surface area contributed by atoms with Crippen LogP contribution in [0.1, 0.15) is 25.0 Å². The number of hydrogen-bond acceptors (Lipinski definition) is 5. The Morgan fingerprint density at radius 1 is 1.16 bits per heavy atom. The van der Waals surface area contributed by atoms with Crippen LogP contribution >= 0.6 is 0 Å². The molecule has 0 amide bonds. The second-order valence-electron chi connectivity index (χ2n) is 5.38. The normalized spacial score (nSPS) is 11.8. The largest absolute Gasteiger partial charge is 0.493 e. The van der Waals surface area contributed by atoms with Gasteiger partial charge in [-0.25, -0.2) is 4.98 Å². The van der Waals surface area contributed by atoms with E-state index < -0.39 is 11.7 Å². The molecule has 0 aliphatic rings. The summed E-state index contributed by atoms with van der Waals surface area (Å²) in [6.45, 7) is 3.82. The van der Waals surface area contributed by atoms with Gasteiger partial charge in [-0.1, -0.05) is 0 Å². The molecule has 1 aromatic heterocycles. The third-order valence-corrected chi connectivity index (χ3v) is 3.03. The Balaban J connectivity index is 2.04. The lowest BCUT2D eigenvalue weighted by Crippen LogP contribution is -2.07. The van der Waals surface area contributed by atoms with E-state index in [0.717, 1.165) is 17.8 Å². The number of hydrogen-bond donors (Lipinski definition) is 1. The number of halogens is 3. The average molecular weight is 353 g/mol. The molecule has 0 saturated carbocycles. The van der Waals surface area contributed by atoms with Crippen molar-refractivity contribution in [1.82, 2.24) is 4.98 Å². The Labute approximate surface area is 143 Å². The molecule has 0 radical (unpaired) electrons. The minimum absolute atomic E-state index is 0.0147. The van der Waals surface area contributed by atoms with Crippen LogP contribution in [0.15, 0.2) is 41.6 Å². The second kappa shape index (κ2) is 7.87. The molecule has 25 heavy (non-hydrogen) atoms. The first-order chi connectivity index (χ1) is 11.8. The molecule has 1 aromatic carbocycles. The van der Waals surface area contributed by atoms with Crippen molar-refractivity contribution < 1.29 is 22.6 Å². The summed E-state index contributed by atoms with van der Waals surface area (Å²) in [7, 11) is 1.54. The van der Waals surface area contributed by atoms with Gasteiger partial charge >= 0.3 is 6.18 Å². The van der Waals surface area contributed by atoms with Gasteiger partial charge in [0.2, 0.25) is 0 Å². The van der Waals surface area contributed by atoms with Crippen molar-refractivity contribution in [2.24, 2.45) is 5.10 Å². The molecule has 0 aliphatic carbocycles. The number of pyridine rings is 1. The van der Waals surface area contributed by atoms with Gasteiger partial charge in [0.25, 0.3) is 0 Å². The topological polar surface area (TPSA) is 55.7 Å². The van der Waals surface area contributed by atoms with Gasteiger partial charge in [0, 0.05) is 6.20 Å². The van der Waals surface area contributed by atoms with E-state index in [9.17, 15) is 13.2 Å². The summed E-state index contributed by atoms with van der Waals surface area (Å²) in [5, 5.41) is 3.95. The van der Waals surface area contributed by atoms with Crippen LogP contribution in [0.5, 0.6) is 11.5 Å². The van der Waals surface area contributed by atoms with Crippen LogP contribution in [0.3, 0.4) is 0 Å². The molecule has 0 saturated heterocycles. The Hall–Kier alpha value is -2.77. The molecule has 0 spiro atoms. The summed E-state index contributed by atoms with van der Waals surface area (Å²) in [6, 6.07) is 7.43. The van der Waals surface area contributed by atoms with Gasteiger partial charge in [0.15, 0.2) is 11.5 Å². The van der Waals surface area contributed by atoms with Gasteiger partial charge in [-0.3, -0.25) is 5.43 Å². The molecule has 134 valence electrons. The van der Waals surface area contributed by atoms with Crippen LogP contribution in [-0.4, -0.2) is 24.4 Å². The second-order valence-corrected chi connectivity index (χ2v) is 5.38. The first-order valence-corrected chi connectivity index (χ1v) is 7.46. The van der Waals surface area contributed by atoms with Crippen molar-refractivity contribution in [2.45, 2.75) is 26.1 Å². The van der Waals surface area contributed by atoms with E-state index in [0.29, 0.717) is 11.5 Å². The molecule has 0 fully saturated rings. The van der Waals surface area contributed by atoms with Crippen molar-refractivity contribution in [2.75, 3.05) is 12.5 Å². The van der Waals surface area contributed by atoms with E-state index in [-0.39, 0.29) is 11.9 Å². The smallest absolute Gasteiger partial charge is 0.417 e. The lowest BCUT2D eigenvalue weighted by atomic mass is 10.2. The maximum absolute atomic E-state index is 12.5. The fraction of sp³-hybridized carbons (Fsp3) is 0.294. The molecule has 0 unspecified atom stereocenters. The van der Waals surface area contributed by atoms with Crippen molar-refractivity contribution in [3.8, 4) is 11.5 Å². The zero-order chi connectivity index (χ0) is 18.4. The summed E-state index contributed by atoms with van der Waals surface area (Å²) in [4.78, 5) is 3.67. The third-order valence-electron chi connectivity index (χ3n) is 3.03.